The lowest BCUT2D eigenvalue weighted by Crippen LogP contribution is -2.01. The summed E-state index contributed by atoms with van der Waals surface area (Å²) in [5, 5.41) is 12.4. The number of aromatic nitrogens is 4. The monoisotopic (exact) mass is 362 g/mol. The van der Waals surface area contributed by atoms with Crippen LogP contribution in [0.25, 0.3) is 11.0 Å². The van der Waals surface area contributed by atoms with E-state index in [1.54, 1.807) is 0 Å². The molecule has 1 fully saturated rings. The smallest absolute Gasteiger partial charge is 0.136 e. The fourth-order valence-corrected chi connectivity index (χ4v) is 2.94. The van der Waals surface area contributed by atoms with Crippen molar-refractivity contribution in [1.82, 2.24) is 20.2 Å². The second-order valence-corrected chi connectivity index (χ2v) is 6.47. The number of rotatable bonds is 5. The lowest BCUT2D eigenvalue weighted by atomic mass is 10.3. The number of ether oxygens (including phenoxy) is 1. The highest BCUT2D eigenvalue weighted by Crippen LogP contribution is 2.35. The molecule has 2 aromatic heterocycles. The number of hydrogen-bond donors (Lipinski definition) is 0. The molecule has 1 aromatic carbocycles. The van der Waals surface area contributed by atoms with Gasteiger partial charge in [-0.25, -0.2) is 4.68 Å². The summed E-state index contributed by atoms with van der Waals surface area (Å²) >= 11 is 3.57. The molecular formula is C15H15BrN4O2. The van der Waals surface area contributed by atoms with E-state index in [9.17, 15) is 0 Å². The van der Waals surface area contributed by atoms with Gasteiger partial charge in [0.1, 0.15) is 29.3 Å². The average molecular weight is 363 g/mol. The number of nitrogens with zero attached hydrogens (tertiary/aromatic N) is 4. The van der Waals surface area contributed by atoms with Crippen LogP contribution in [0.4, 0.5) is 0 Å². The molecule has 0 N–H and O–H groups in total. The zero-order valence-corrected chi connectivity index (χ0v) is 13.7. The van der Waals surface area contributed by atoms with Crippen molar-refractivity contribution in [2.75, 3.05) is 0 Å². The molecule has 1 saturated carbocycles. The van der Waals surface area contributed by atoms with Crippen molar-refractivity contribution in [3.05, 3.63) is 34.1 Å². The highest BCUT2D eigenvalue weighted by molar-refractivity contribution is 9.10. The van der Waals surface area contributed by atoms with E-state index in [2.05, 4.69) is 31.4 Å². The van der Waals surface area contributed by atoms with Gasteiger partial charge >= 0.3 is 0 Å². The van der Waals surface area contributed by atoms with E-state index in [0.717, 1.165) is 45.2 Å². The molecule has 2 heterocycles. The molecule has 3 aromatic rings. The first-order chi connectivity index (χ1) is 10.7. The third-order valence-electron chi connectivity index (χ3n) is 3.77. The van der Waals surface area contributed by atoms with Crippen LogP contribution >= 0.6 is 15.9 Å². The molecule has 0 bridgehead atoms. The Kier molecular flexibility index (Phi) is 3.37. The Morgan fingerprint density at radius 3 is 3.00 bits per heavy atom. The predicted octanol–water partition coefficient (Wildman–Crippen LogP) is 3.48. The van der Waals surface area contributed by atoms with E-state index >= 15 is 0 Å². The minimum absolute atomic E-state index is 0.359. The quantitative estimate of drug-likeness (QED) is 0.694. The topological polar surface area (TPSA) is 66.0 Å². The van der Waals surface area contributed by atoms with Crippen LogP contribution in [0.15, 0.2) is 27.2 Å². The van der Waals surface area contributed by atoms with Crippen LogP contribution in [0.3, 0.4) is 0 Å². The van der Waals surface area contributed by atoms with E-state index in [-0.39, 0.29) is 0 Å². The van der Waals surface area contributed by atoms with Crippen LogP contribution in [0.5, 0.6) is 5.75 Å². The lowest BCUT2D eigenvalue weighted by molar-refractivity contribution is 0.286. The summed E-state index contributed by atoms with van der Waals surface area (Å²) in [5.74, 6) is 2.26. The van der Waals surface area contributed by atoms with Crippen molar-refractivity contribution in [1.29, 1.82) is 0 Å². The third kappa shape index (κ3) is 2.61. The molecule has 6 nitrogen and oxygen atoms in total. The molecule has 0 aliphatic heterocycles. The molecule has 0 saturated heterocycles. The summed E-state index contributed by atoms with van der Waals surface area (Å²) in [4.78, 5) is 0. The zero-order chi connectivity index (χ0) is 15.1. The Hall–Kier alpha value is -1.89. The summed E-state index contributed by atoms with van der Waals surface area (Å²) in [6.07, 6.45) is 2.58. The van der Waals surface area contributed by atoms with Crippen molar-refractivity contribution in [2.24, 2.45) is 5.92 Å². The first-order valence-electron chi connectivity index (χ1n) is 7.27. The Morgan fingerprint density at radius 2 is 2.27 bits per heavy atom. The van der Waals surface area contributed by atoms with E-state index in [1.165, 1.54) is 12.8 Å². The van der Waals surface area contributed by atoms with Crippen molar-refractivity contribution < 1.29 is 9.26 Å². The molecule has 7 heteroatoms. The molecule has 22 heavy (non-hydrogen) atoms. The van der Waals surface area contributed by atoms with Gasteiger partial charge in [-0.05, 0) is 53.7 Å². The maximum Gasteiger partial charge on any atom is 0.136 e. The van der Waals surface area contributed by atoms with Crippen LogP contribution in [0.2, 0.25) is 0 Å². The Labute approximate surface area is 135 Å². The molecule has 0 amide bonds. The van der Waals surface area contributed by atoms with Crippen LogP contribution in [-0.4, -0.2) is 20.2 Å². The summed E-state index contributed by atoms with van der Waals surface area (Å²) in [6, 6.07) is 5.80. The highest BCUT2D eigenvalue weighted by Gasteiger charge is 2.23. The molecule has 0 unspecified atom stereocenters. The molecule has 0 atom stereocenters. The normalized spacial score (nSPS) is 14.6. The van der Waals surface area contributed by atoms with Gasteiger partial charge in [-0.15, -0.1) is 5.10 Å². The van der Waals surface area contributed by atoms with Gasteiger partial charge in [-0.2, -0.15) is 0 Å². The number of benzene rings is 1. The van der Waals surface area contributed by atoms with Gasteiger partial charge in [0, 0.05) is 12.6 Å². The van der Waals surface area contributed by atoms with E-state index in [1.807, 2.05) is 29.8 Å². The van der Waals surface area contributed by atoms with E-state index < -0.39 is 0 Å². The Bertz CT molecular complexity index is 822. The number of halogens is 1. The molecule has 1 aliphatic rings. The number of hydrogen-bond acceptors (Lipinski definition) is 5. The molecule has 114 valence electrons. The fourth-order valence-electron chi connectivity index (χ4n) is 2.42. The van der Waals surface area contributed by atoms with E-state index in [4.69, 9.17) is 9.26 Å². The summed E-state index contributed by atoms with van der Waals surface area (Å²) in [6.45, 7) is 3.16. The largest absolute Gasteiger partial charge is 0.486 e. The first-order valence-corrected chi connectivity index (χ1v) is 8.06. The lowest BCUT2D eigenvalue weighted by Gasteiger charge is -2.07. The van der Waals surface area contributed by atoms with Crippen LogP contribution in [0, 0.1) is 12.8 Å². The van der Waals surface area contributed by atoms with Crippen LogP contribution < -0.4 is 4.74 Å². The summed E-state index contributed by atoms with van der Waals surface area (Å²) < 4.78 is 13.6. The van der Waals surface area contributed by atoms with Crippen LogP contribution in [0.1, 0.15) is 24.3 Å². The highest BCUT2D eigenvalue weighted by atomic mass is 79.9. The number of fused-ring (bicyclic) bond motifs is 1. The van der Waals surface area contributed by atoms with Gasteiger partial charge in [0.2, 0.25) is 0 Å². The second-order valence-electron chi connectivity index (χ2n) is 5.68. The fraction of sp³-hybridized carbons (Fsp3) is 0.400. The van der Waals surface area contributed by atoms with Crippen molar-refractivity contribution in [3.8, 4) is 5.75 Å². The second kappa shape index (κ2) is 5.39. The third-order valence-corrected chi connectivity index (χ3v) is 4.54. The van der Waals surface area contributed by atoms with Crippen molar-refractivity contribution in [3.63, 3.8) is 0 Å². The predicted molar refractivity (Wildman–Crippen MR) is 83.5 cm³/mol. The Balaban J connectivity index is 1.57. The van der Waals surface area contributed by atoms with Gasteiger partial charge in [0.05, 0.1) is 9.99 Å². The van der Waals surface area contributed by atoms with Gasteiger partial charge in [0.15, 0.2) is 0 Å². The summed E-state index contributed by atoms with van der Waals surface area (Å²) in [5.41, 5.74) is 2.62. The van der Waals surface area contributed by atoms with Gasteiger partial charge in [0.25, 0.3) is 0 Å². The minimum Gasteiger partial charge on any atom is -0.486 e. The number of aryl methyl sites for hydroxylation is 1. The van der Waals surface area contributed by atoms with Gasteiger partial charge in [-0.1, -0.05) is 10.4 Å². The van der Waals surface area contributed by atoms with Gasteiger partial charge in [-0.3, -0.25) is 0 Å². The van der Waals surface area contributed by atoms with Crippen molar-refractivity contribution in [2.45, 2.75) is 32.9 Å². The SMILES string of the molecule is Cc1cc(COc2ccc3c(nnn3CC3CC3)c2Br)no1. The maximum atomic E-state index is 5.80. The molecule has 0 radical (unpaired) electrons. The summed E-state index contributed by atoms with van der Waals surface area (Å²) in [7, 11) is 0. The van der Waals surface area contributed by atoms with E-state index in [0.29, 0.717) is 6.61 Å². The first kappa shape index (κ1) is 13.8. The minimum atomic E-state index is 0.359. The van der Waals surface area contributed by atoms with Gasteiger partial charge < -0.3 is 9.26 Å². The maximum absolute atomic E-state index is 5.80. The Morgan fingerprint density at radius 1 is 1.41 bits per heavy atom. The zero-order valence-electron chi connectivity index (χ0n) is 12.1. The average Bonchev–Trinajstić information content (AvgIpc) is 3.08. The molecule has 1 aliphatic carbocycles. The standard InChI is InChI=1S/C15H15BrN4O2/c1-9-6-11(18-22-9)8-21-13-5-4-12-15(14(13)16)17-19-20(12)7-10-2-3-10/h4-6,10H,2-3,7-8H2,1H3. The molecule has 4 rings (SSSR count). The molecular weight excluding hydrogens is 348 g/mol. The van der Waals surface area contributed by atoms with Crippen LogP contribution in [-0.2, 0) is 13.2 Å². The molecule has 0 spiro atoms. The van der Waals surface area contributed by atoms with Crippen molar-refractivity contribution >= 4 is 27.0 Å².